The molecule has 0 radical (unpaired) electrons. The fourth-order valence-corrected chi connectivity index (χ4v) is 4.01. The Labute approximate surface area is 155 Å². The van der Waals surface area contributed by atoms with Crippen LogP contribution in [0.2, 0.25) is 0 Å². The summed E-state index contributed by atoms with van der Waals surface area (Å²) in [5, 5.41) is 0. The number of sulfonamides is 1. The van der Waals surface area contributed by atoms with Crippen molar-refractivity contribution in [1.29, 1.82) is 0 Å². The number of benzene rings is 2. The molecule has 2 aromatic carbocycles. The zero-order chi connectivity index (χ0) is 19.3. The van der Waals surface area contributed by atoms with Crippen LogP contribution in [0.5, 0.6) is 17.2 Å². The maximum atomic E-state index is 12.8. The average Bonchev–Trinajstić information content (AvgIpc) is 2.66. The normalized spacial score (nSPS) is 12.5. The summed E-state index contributed by atoms with van der Waals surface area (Å²) in [6.07, 6.45) is 0.672. The standard InChI is InChI=1S/C19H25NO5S/c1-6-14-11-16(8-10-18(14)24-4)26(21,22)20-13(2)17-12-15(23-3)7-9-19(17)25-5/h7-13,20H,6H2,1-5H3/t13-/m0/s1. The van der Waals surface area contributed by atoms with Crippen LogP contribution in [0.25, 0.3) is 0 Å². The molecule has 0 aliphatic carbocycles. The molecule has 0 aliphatic rings. The van der Waals surface area contributed by atoms with E-state index in [1.165, 1.54) is 6.07 Å². The van der Waals surface area contributed by atoms with E-state index in [1.807, 2.05) is 6.92 Å². The summed E-state index contributed by atoms with van der Waals surface area (Å²) in [5.41, 5.74) is 1.53. The van der Waals surface area contributed by atoms with Gasteiger partial charge in [-0.25, -0.2) is 13.1 Å². The Hall–Kier alpha value is -2.25. The van der Waals surface area contributed by atoms with Crippen molar-refractivity contribution < 1.29 is 22.6 Å². The van der Waals surface area contributed by atoms with Crippen molar-refractivity contribution >= 4 is 10.0 Å². The smallest absolute Gasteiger partial charge is 0.241 e. The third-order valence-corrected chi connectivity index (χ3v) is 5.72. The molecule has 0 amide bonds. The maximum Gasteiger partial charge on any atom is 0.241 e. The summed E-state index contributed by atoms with van der Waals surface area (Å²) >= 11 is 0. The topological polar surface area (TPSA) is 73.9 Å². The van der Waals surface area contributed by atoms with E-state index in [0.717, 1.165) is 5.56 Å². The lowest BCUT2D eigenvalue weighted by atomic mass is 10.1. The third kappa shape index (κ3) is 4.28. The number of nitrogens with one attached hydrogen (secondary N) is 1. The van der Waals surface area contributed by atoms with Crippen molar-refractivity contribution in [1.82, 2.24) is 4.72 Å². The van der Waals surface area contributed by atoms with E-state index < -0.39 is 16.1 Å². The summed E-state index contributed by atoms with van der Waals surface area (Å²) in [4.78, 5) is 0.198. The highest BCUT2D eigenvalue weighted by atomic mass is 32.2. The van der Waals surface area contributed by atoms with Gasteiger partial charge in [0.1, 0.15) is 17.2 Å². The Balaban J connectivity index is 2.35. The summed E-state index contributed by atoms with van der Waals surface area (Å²) in [7, 11) is 0.961. The van der Waals surface area contributed by atoms with E-state index in [4.69, 9.17) is 14.2 Å². The summed E-state index contributed by atoms with van der Waals surface area (Å²) in [6.45, 7) is 3.71. The Morgan fingerprint density at radius 1 is 0.962 bits per heavy atom. The molecule has 0 heterocycles. The molecule has 2 rings (SSSR count). The number of ether oxygens (including phenoxy) is 3. The van der Waals surface area contributed by atoms with Gasteiger partial charge in [0.15, 0.2) is 0 Å². The van der Waals surface area contributed by atoms with E-state index in [2.05, 4.69) is 4.72 Å². The Morgan fingerprint density at radius 3 is 2.19 bits per heavy atom. The first kappa shape index (κ1) is 20.1. The zero-order valence-electron chi connectivity index (χ0n) is 15.7. The lowest BCUT2D eigenvalue weighted by Gasteiger charge is -2.19. The lowest BCUT2D eigenvalue weighted by Crippen LogP contribution is -2.27. The number of hydrogen-bond donors (Lipinski definition) is 1. The van der Waals surface area contributed by atoms with Crippen LogP contribution >= 0.6 is 0 Å². The fraction of sp³-hybridized carbons (Fsp3) is 0.368. The SMILES string of the molecule is CCc1cc(S(=O)(=O)N[C@@H](C)c2cc(OC)ccc2OC)ccc1OC. The van der Waals surface area contributed by atoms with Crippen LogP contribution in [0.3, 0.4) is 0 Å². The first-order valence-electron chi connectivity index (χ1n) is 8.27. The van der Waals surface area contributed by atoms with E-state index in [1.54, 1.807) is 58.6 Å². The van der Waals surface area contributed by atoms with Gasteiger partial charge in [-0.05, 0) is 55.3 Å². The molecule has 2 aromatic rings. The van der Waals surface area contributed by atoms with Crippen molar-refractivity contribution in [2.24, 2.45) is 0 Å². The van der Waals surface area contributed by atoms with Gasteiger partial charge in [-0.15, -0.1) is 0 Å². The summed E-state index contributed by atoms with van der Waals surface area (Å²) in [5.74, 6) is 1.89. The molecule has 0 bridgehead atoms. The van der Waals surface area contributed by atoms with Crippen molar-refractivity contribution in [2.75, 3.05) is 21.3 Å². The predicted octanol–water partition coefficient (Wildman–Crippen LogP) is 3.31. The van der Waals surface area contributed by atoms with Gasteiger partial charge in [-0.1, -0.05) is 6.92 Å². The molecule has 0 saturated carbocycles. The summed E-state index contributed by atoms with van der Waals surface area (Å²) in [6, 6.07) is 9.62. The summed E-state index contributed by atoms with van der Waals surface area (Å²) < 4.78 is 44.2. The second-order valence-corrected chi connectivity index (χ2v) is 7.49. The first-order valence-corrected chi connectivity index (χ1v) is 9.75. The highest BCUT2D eigenvalue weighted by Crippen LogP contribution is 2.30. The lowest BCUT2D eigenvalue weighted by molar-refractivity contribution is 0.395. The minimum atomic E-state index is -3.71. The molecule has 0 fully saturated rings. The molecular formula is C19H25NO5S. The van der Waals surface area contributed by atoms with Gasteiger partial charge in [0.05, 0.1) is 26.2 Å². The molecular weight excluding hydrogens is 354 g/mol. The van der Waals surface area contributed by atoms with E-state index >= 15 is 0 Å². The molecule has 7 heteroatoms. The van der Waals surface area contributed by atoms with E-state index in [-0.39, 0.29) is 4.90 Å². The van der Waals surface area contributed by atoms with Crippen LogP contribution in [0.4, 0.5) is 0 Å². The number of aryl methyl sites for hydroxylation is 1. The predicted molar refractivity (Wildman–Crippen MR) is 101 cm³/mol. The van der Waals surface area contributed by atoms with Crippen molar-refractivity contribution in [3.8, 4) is 17.2 Å². The van der Waals surface area contributed by atoms with Gasteiger partial charge in [0.25, 0.3) is 0 Å². The highest BCUT2D eigenvalue weighted by molar-refractivity contribution is 7.89. The van der Waals surface area contributed by atoms with Crippen molar-refractivity contribution in [2.45, 2.75) is 31.2 Å². The molecule has 0 aromatic heterocycles. The van der Waals surface area contributed by atoms with Crippen LogP contribution in [-0.2, 0) is 16.4 Å². The van der Waals surface area contributed by atoms with Crippen molar-refractivity contribution in [3.63, 3.8) is 0 Å². The number of hydrogen-bond acceptors (Lipinski definition) is 5. The van der Waals surface area contributed by atoms with Gasteiger partial charge in [-0.3, -0.25) is 0 Å². The maximum absolute atomic E-state index is 12.8. The van der Waals surface area contributed by atoms with Gasteiger partial charge in [0.2, 0.25) is 10.0 Å². The number of rotatable bonds is 8. The molecule has 0 unspecified atom stereocenters. The minimum absolute atomic E-state index is 0.198. The van der Waals surface area contributed by atoms with Crippen molar-refractivity contribution in [3.05, 3.63) is 47.5 Å². The van der Waals surface area contributed by atoms with Gasteiger partial charge in [0, 0.05) is 11.6 Å². The highest BCUT2D eigenvalue weighted by Gasteiger charge is 2.22. The Morgan fingerprint density at radius 2 is 1.62 bits per heavy atom. The zero-order valence-corrected chi connectivity index (χ0v) is 16.5. The molecule has 1 N–H and O–H groups in total. The molecule has 6 nitrogen and oxygen atoms in total. The first-order chi connectivity index (χ1) is 12.4. The monoisotopic (exact) mass is 379 g/mol. The van der Waals surface area contributed by atoms with E-state index in [9.17, 15) is 8.42 Å². The van der Waals surface area contributed by atoms with E-state index in [0.29, 0.717) is 29.2 Å². The molecule has 142 valence electrons. The number of methoxy groups -OCH3 is 3. The average molecular weight is 379 g/mol. The second-order valence-electron chi connectivity index (χ2n) is 5.78. The largest absolute Gasteiger partial charge is 0.497 e. The fourth-order valence-electron chi connectivity index (χ4n) is 2.74. The molecule has 0 aliphatic heterocycles. The molecule has 26 heavy (non-hydrogen) atoms. The quantitative estimate of drug-likeness (QED) is 0.762. The molecule has 1 atom stereocenters. The van der Waals surface area contributed by atoms with Crippen LogP contribution in [0.15, 0.2) is 41.3 Å². The second kappa shape index (κ2) is 8.42. The third-order valence-electron chi connectivity index (χ3n) is 4.18. The van der Waals surface area contributed by atoms with Crippen LogP contribution in [0.1, 0.15) is 31.0 Å². The Bertz CT molecular complexity index is 864. The van der Waals surface area contributed by atoms with Crippen LogP contribution < -0.4 is 18.9 Å². The van der Waals surface area contributed by atoms with Gasteiger partial charge in [-0.2, -0.15) is 0 Å². The van der Waals surface area contributed by atoms with Gasteiger partial charge >= 0.3 is 0 Å². The van der Waals surface area contributed by atoms with Crippen LogP contribution in [-0.4, -0.2) is 29.7 Å². The van der Waals surface area contributed by atoms with Gasteiger partial charge < -0.3 is 14.2 Å². The minimum Gasteiger partial charge on any atom is -0.497 e. The van der Waals surface area contributed by atoms with Crippen LogP contribution in [0, 0.1) is 0 Å². The Kier molecular flexibility index (Phi) is 6.50. The molecule has 0 saturated heterocycles. The molecule has 0 spiro atoms.